The quantitative estimate of drug-likeness (QED) is 0.804. The Labute approximate surface area is 134 Å². The normalized spacial score (nSPS) is 10.5. The molecule has 0 bridgehead atoms. The molecule has 0 radical (unpaired) electrons. The molecule has 1 aromatic heterocycles. The Bertz CT molecular complexity index is 617. The van der Waals surface area contributed by atoms with E-state index in [2.05, 4.69) is 27.8 Å². The second-order valence-electron chi connectivity index (χ2n) is 4.61. The molecule has 0 saturated heterocycles. The summed E-state index contributed by atoms with van der Waals surface area (Å²) in [5.74, 6) is 1.90. The fraction of sp³-hybridized carbons (Fsp3) is 0.500. The lowest BCUT2D eigenvalue weighted by atomic mass is 10.2. The SMILES string of the molecule is CCCn1nnnc1NCc1cc(Cl)cc(OC)c1OCC. The number of methoxy groups -OCH3 is 1. The summed E-state index contributed by atoms with van der Waals surface area (Å²) in [5.41, 5.74) is 0.886. The van der Waals surface area contributed by atoms with Crippen molar-refractivity contribution >= 4 is 17.5 Å². The number of hydrogen-bond acceptors (Lipinski definition) is 6. The summed E-state index contributed by atoms with van der Waals surface area (Å²) in [5, 5.41) is 15.4. The molecule has 0 amide bonds. The van der Waals surface area contributed by atoms with Crippen LogP contribution in [-0.4, -0.2) is 33.9 Å². The summed E-state index contributed by atoms with van der Waals surface area (Å²) >= 11 is 6.13. The number of benzene rings is 1. The minimum atomic E-state index is 0.482. The zero-order chi connectivity index (χ0) is 15.9. The first kappa shape index (κ1) is 16.4. The van der Waals surface area contributed by atoms with Gasteiger partial charge in [0.25, 0.3) is 0 Å². The Morgan fingerprint density at radius 2 is 2.14 bits per heavy atom. The third kappa shape index (κ3) is 3.79. The van der Waals surface area contributed by atoms with Gasteiger partial charge in [-0.1, -0.05) is 23.6 Å². The highest BCUT2D eigenvalue weighted by Gasteiger charge is 2.14. The van der Waals surface area contributed by atoms with E-state index >= 15 is 0 Å². The van der Waals surface area contributed by atoms with Crippen LogP contribution in [0.5, 0.6) is 11.5 Å². The topological polar surface area (TPSA) is 74.1 Å². The van der Waals surface area contributed by atoms with E-state index in [0.717, 1.165) is 18.5 Å². The maximum absolute atomic E-state index is 6.13. The molecule has 0 aliphatic heterocycles. The summed E-state index contributed by atoms with van der Waals surface area (Å²) < 4.78 is 12.7. The summed E-state index contributed by atoms with van der Waals surface area (Å²) in [4.78, 5) is 0. The monoisotopic (exact) mass is 325 g/mol. The van der Waals surface area contributed by atoms with Crippen molar-refractivity contribution in [3.63, 3.8) is 0 Å². The maximum atomic E-state index is 6.13. The van der Waals surface area contributed by atoms with Crippen LogP contribution in [0, 0.1) is 0 Å². The molecule has 1 heterocycles. The highest BCUT2D eigenvalue weighted by molar-refractivity contribution is 6.30. The number of aromatic nitrogens is 4. The largest absolute Gasteiger partial charge is 0.493 e. The first-order valence-electron chi connectivity index (χ1n) is 7.18. The van der Waals surface area contributed by atoms with Crippen LogP contribution < -0.4 is 14.8 Å². The van der Waals surface area contributed by atoms with E-state index in [1.165, 1.54) is 0 Å². The van der Waals surface area contributed by atoms with Gasteiger partial charge in [-0.05, 0) is 29.8 Å². The predicted molar refractivity (Wildman–Crippen MR) is 84.6 cm³/mol. The number of ether oxygens (including phenoxy) is 2. The average molecular weight is 326 g/mol. The highest BCUT2D eigenvalue weighted by Crippen LogP contribution is 2.35. The van der Waals surface area contributed by atoms with Gasteiger partial charge in [0, 0.05) is 29.7 Å². The van der Waals surface area contributed by atoms with Crippen LogP contribution in [0.25, 0.3) is 0 Å². The number of hydrogen-bond donors (Lipinski definition) is 1. The second kappa shape index (κ2) is 7.84. The van der Waals surface area contributed by atoms with Gasteiger partial charge in [0.05, 0.1) is 13.7 Å². The Morgan fingerprint density at radius 1 is 1.32 bits per heavy atom. The number of aryl methyl sites for hydroxylation is 1. The van der Waals surface area contributed by atoms with E-state index in [4.69, 9.17) is 21.1 Å². The Balaban J connectivity index is 2.21. The van der Waals surface area contributed by atoms with E-state index in [9.17, 15) is 0 Å². The van der Waals surface area contributed by atoms with Crippen LogP contribution in [0.15, 0.2) is 12.1 Å². The third-order valence-corrected chi connectivity index (χ3v) is 3.23. The Kier molecular flexibility index (Phi) is 5.83. The van der Waals surface area contributed by atoms with Gasteiger partial charge >= 0.3 is 0 Å². The Hall–Kier alpha value is -2.02. The van der Waals surface area contributed by atoms with E-state index in [1.54, 1.807) is 17.9 Å². The lowest BCUT2D eigenvalue weighted by Crippen LogP contribution is -2.10. The van der Waals surface area contributed by atoms with Crippen molar-refractivity contribution in [3.8, 4) is 11.5 Å². The van der Waals surface area contributed by atoms with Crippen LogP contribution in [0.4, 0.5) is 5.95 Å². The van der Waals surface area contributed by atoms with Crippen LogP contribution in [0.2, 0.25) is 5.02 Å². The highest BCUT2D eigenvalue weighted by atomic mass is 35.5. The third-order valence-electron chi connectivity index (χ3n) is 3.01. The van der Waals surface area contributed by atoms with Crippen LogP contribution >= 0.6 is 11.6 Å². The zero-order valence-corrected chi connectivity index (χ0v) is 13.7. The number of halogens is 1. The van der Waals surface area contributed by atoms with Crippen LogP contribution in [-0.2, 0) is 13.1 Å². The predicted octanol–water partition coefficient (Wildman–Crippen LogP) is 2.76. The van der Waals surface area contributed by atoms with Gasteiger partial charge in [-0.2, -0.15) is 0 Å². The van der Waals surface area contributed by atoms with Crippen molar-refractivity contribution < 1.29 is 9.47 Å². The van der Waals surface area contributed by atoms with Crippen molar-refractivity contribution in [1.29, 1.82) is 0 Å². The number of nitrogens with one attached hydrogen (secondary N) is 1. The molecular weight excluding hydrogens is 306 g/mol. The van der Waals surface area contributed by atoms with Crippen molar-refractivity contribution in [3.05, 3.63) is 22.7 Å². The molecule has 0 aliphatic carbocycles. The lowest BCUT2D eigenvalue weighted by molar-refractivity contribution is 0.308. The molecular formula is C14H20ClN5O2. The molecule has 2 aromatic rings. The summed E-state index contributed by atoms with van der Waals surface area (Å²) in [6.45, 7) is 5.77. The van der Waals surface area contributed by atoms with Gasteiger partial charge in [0.1, 0.15) is 0 Å². The molecule has 120 valence electrons. The Morgan fingerprint density at radius 3 is 2.82 bits per heavy atom. The molecule has 0 aliphatic rings. The number of nitrogens with zero attached hydrogens (tertiary/aromatic N) is 4. The van der Waals surface area contributed by atoms with Gasteiger partial charge in [0.15, 0.2) is 11.5 Å². The van der Waals surface area contributed by atoms with Crippen LogP contribution in [0.1, 0.15) is 25.8 Å². The van der Waals surface area contributed by atoms with Crippen molar-refractivity contribution in [1.82, 2.24) is 20.2 Å². The molecule has 1 N–H and O–H groups in total. The molecule has 7 nitrogen and oxygen atoms in total. The maximum Gasteiger partial charge on any atom is 0.243 e. The molecule has 0 saturated carbocycles. The van der Waals surface area contributed by atoms with E-state index < -0.39 is 0 Å². The molecule has 2 rings (SSSR count). The molecule has 0 fully saturated rings. The standard InChI is InChI=1S/C14H20ClN5O2/c1-4-6-20-14(17-18-19-20)16-9-10-7-11(15)8-12(21-3)13(10)22-5-2/h7-8H,4-6,9H2,1-3H3,(H,16,17,19). The number of rotatable bonds is 8. The van der Waals surface area contributed by atoms with Gasteiger partial charge < -0.3 is 14.8 Å². The fourth-order valence-corrected chi connectivity index (χ4v) is 2.31. The second-order valence-corrected chi connectivity index (χ2v) is 5.04. The van der Waals surface area contributed by atoms with Crippen molar-refractivity contribution in [2.75, 3.05) is 19.0 Å². The molecule has 8 heteroatoms. The van der Waals surface area contributed by atoms with E-state index in [1.807, 2.05) is 13.0 Å². The molecule has 0 unspecified atom stereocenters. The van der Waals surface area contributed by atoms with Crippen molar-refractivity contribution in [2.45, 2.75) is 33.4 Å². The molecule has 1 aromatic carbocycles. The smallest absolute Gasteiger partial charge is 0.243 e. The summed E-state index contributed by atoms with van der Waals surface area (Å²) in [7, 11) is 1.59. The van der Waals surface area contributed by atoms with Gasteiger partial charge in [-0.25, -0.2) is 4.68 Å². The van der Waals surface area contributed by atoms with Gasteiger partial charge in [-0.3, -0.25) is 0 Å². The zero-order valence-electron chi connectivity index (χ0n) is 13.0. The first-order chi connectivity index (χ1) is 10.7. The summed E-state index contributed by atoms with van der Waals surface area (Å²) in [6.07, 6.45) is 0.953. The van der Waals surface area contributed by atoms with Gasteiger partial charge in [0.2, 0.25) is 5.95 Å². The molecule has 22 heavy (non-hydrogen) atoms. The number of anilines is 1. The fourth-order valence-electron chi connectivity index (χ4n) is 2.08. The summed E-state index contributed by atoms with van der Waals surface area (Å²) in [6, 6.07) is 3.58. The molecule has 0 atom stereocenters. The first-order valence-corrected chi connectivity index (χ1v) is 7.56. The van der Waals surface area contributed by atoms with E-state index in [0.29, 0.717) is 35.6 Å². The minimum Gasteiger partial charge on any atom is -0.493 e. The minimum absolute atomic E-state index is 0.482. The van der Waals surface area contributed by atoms with Crippen molar-refractivity contribution in [2.24, 2.45) is 0 Å². The van der Waals surface area contributed by atoms with Crippen LogP contribution in [0.3, 0.4) is 0 Å². The number of tetrazole rings is 1. The molecule has 0 spiro atoms. The van der Waals surface area contributed by atoms with Gasteiger partial charge in [-0.15, -0.1) is 0 Å². The van der Waals surface area contributed by atoms with E-state index in [-0.39, 0.29) is 0 Å². The lowest BCUT2D eigenvalue weighted by Gasteiger charge is -2.15. The average Bonchev–Trinajstić information content (AvgIpc) is 2.95.